The maximum absolute atomic E-state index is 10.9. The molecule has 0 saturated heterocycles. The maximum atomic E-state index is 10.9. The van der Waals surface area contributed by atoms with E-state index < -0.39 is 5.97 Å². The van der Waals surface area contributed by atoms with Crippen LogP contribution in [0.3, 0.4) is 0 Å². The van der Waals surface area contributed by atoms with Gasteiger partial charge < -0.3 is 5.11 Å². The maximum Gasteiger partial charge on any atom is 0.337 e. The normalized spacial score (nSPS) is 15.5. The van der Waals surface area contributed by atoms with E-state index in [-0.39, 0.29) is 0 Å². The molecule has 0 atom stereocenters. The summed E-state index contributed by atoms with van der Waals surface area (Å²) >= 11 is 0. The van der Waals surface area contributed by atoms with Crippen molar-refractivity contribution in [1.29, 1.82) is 0 Å². The van der Waals surface area contributed by atoms with E-state index in [0.29, 0.717) is 23.6 Å². The quantitative estimate of drug-likeness (QED) is 0.796. The van der Waals surface area contributed by atoms with E-state index in [1.165, 1.54) is 12.8 Å². The van der Waals surface area contributed by atoms with E-state index >= 15 is 0 Å². The zero-order chi connectivity index (χ0) is 10.1. The number of aromatic nitrogens is 1. The molecule has 0 aromatic carbocycles. The minimum absolute atomic E-state index is 0.372. The van der Waals surface area contributed by atoms with Crippen molar-refractivity contribution in [2.24, 2.45) is 0 Å². The molecular formula is C11H13NO2. The van der Waals surface area contributed by atoms with Gasteiger partial charge in [-0.3, -0.25) is 4.98 Å². The first kappa shape index (κ1) is 9.19. The Morgan fingerprint density at radius 3 is 2.86 bits per heavy atom. The molecule has 1 saturated carbocycles. The number of aromatic carboxylic acids is 1. The van der Waals surface area contributed by atoms with Crippen molar-refractivity contribution in [3.8, 4) is 0 Å². The second-order valence-corrected chi connectivity index (χ2v) is 3.70. The van der Waals surface area contributed by atoms with Crippen LogP contribution in [0, 0.1) is 0 Å². The molecule has 1 fully saturated rings. The lowest BCUT2D eigenvalue weighted by molar-refractivity contribution is 0.0695. The highest BCUT2D eigenvalue weighted by Crippen LogP contribution is 2.40. The number of rotatable bonds is 3. The summed E-state index contributed by atoms with van der Waals surface area (Å²) in [6, 6.07) is 1.78. The molecule has 2 rings (SSSR count). The molecule has 0 amide bonds. The van der Waals surface area contributed by atoms with Crippen LogP contribution in [0.4, 0.5) is 0 Å². The molecule has 1 aromatic heterocycles. The lowest BCUT2D eigenvalue weighted by atomic mass is 10.1. The third kappa shape index (κ3) is 1.62. The molecule has 3 heteroatoms. The molecule has 1 heterocycles. The number of carboxylic acid groups (broad SMARTS) is 1. The Morgan fingerprint density at radius 1 is 1.64 bits per heavy atom. The first-order chi connectivity index (χ1) is 6.72. The fourth-order valence-corrected chi connectivity index (χ4v) is 1.62. The van der Waals surface area contributed by atoms with Crippen molar-refractivity contribution in [2.45, 2.75) is 32.1 Å². The molecule has 0 radical (unpaired) electrons. The van der Waals surface area contributed by atoms with Crippen LogP contribution in [0.25, 0.3) is 0 Å². The van der Waals surface area contributed by atoms with Crippen molar-refractivity contribution < 1.29 is 9.90 Å². The van der Waals surface area contributed by atoms with E-state index in [4.69, 9.17) is 5.11 Å². The smallest absolute Gasteiger partial charge is 0.337 e. The minimum atomic E-state index is -0.864. The van der Waals surface area contributed by atoms with E-state index in [2.05, 4.69) is 4.98 Å². The van der Waals surface area contributed by atoms with Gasteiger partial charge in [0.2, 0.25) is 0 Å². The number of nitrogens with zero attached hydrogens (tertiary/aromatic N) is 1. The van der Waals surface area contributed by atoms with Gasteiger partial charge in [0, 0.05) is 6.20 Å². The molecule has 0 aliphatic heterocycles. The van der Waals surface area contributed by atoms with Gasteiger partial charge in [0.15, 0.2) is 0 Å². The number of carbonyl (C=O) groups is 1. The predicted octanol–water partition coefficient (Wildman–Crippen LogP) is 2.22. The van der Waals surface area contributed by atoms with Gasteiger partial charge in [-0.1, -0.05) is 6.92 Å². The molecule has 0 unspecified atom stereocenters. The van der Waals surface area contributed by atoms with Crippen molar-refractivity contribution in [3.63, 3.8) is 0 Å². The zero-order valence-corrected chi connectivity index (χ0v) is 8.16. The van der Waals surface area contributed by atoms with Gasteiger partial charge >= 0.3 is 5.97 Å². The third-order valence-electron chi connectivity index (χ3n) is 2.61. The predicted molar refractivity (Wildman–Crippen MR) is 52.5 cm³/mol. The Morgan fingerprint density at radius 2 is 2.36 bits per heavy atom. The Balaban J connectivity index is 2.40. The van der Waals surface area contributed by atoms with Crippen molar-refractivity contribution >= 4 is 5.97 Å². The number of aryl methyl sites for hydroxylation is 1. The Bertz CT molecular complexity index is 370. The highest BCUT2D eigenvalue weighted by atomic mass is 16.4. The molecule has 1 aromatic rings. The van der Waals surface area contributed by atoms with Gasteiger partial charge in [-0.15, -0.1) is 0 Å². The molecule has 74 valence electrons. The summed E-state index contributed by atoms with van der Waals surface area (Å²) in [6.07, 6.45) is 4.84. The highest BCUT2D eigenvalue weighted by molar-refractivity contribution is 5.89. The van der Waals surface area contributed by atoms with Crippen LogP contribution in [-0.4, -0.2) is 16.1 Å². The first-order valence-electron chi connectivity index (χ1n) is 4.94. The molecule has 0 spiro atoms. The summed E-state index contributed by atoms with van der Waals surface area (Å²) in [5.41, 5.74) is 2.14. The van der Waals surface area contributed by atoms with Crippen LogP contribution in [-0.2, 0) is 6.42 Å². The number of hydrogen-bond donors (Lipinski definition) is 1. The van der Waals surface area contributed by atoms with Crippen LogP contribution in [0.2, 0.25) is 0 Å². The molecular weight excluding hydrogens is 178 g/mol. The topological polar surface area (TPSA) is 50.2 Å². The minimum Gasteiger partial charge on any atom is -0.478 e. The molecule has 1 aliphatic rings. The fraction of sp³-hybridized carbons (Fsp3) is 0.455. The van der Waals surface area contributed by atoms with Crippen LogP contribution < -0.4 is 0 Å². The van der Waals surface area contributed by atoms with Crippen molar-refractivity contribution in [1.82, 2.24) is 4.98 Å². The molecule has 14 heavy (non-hydrogen) atoms. The van der Waals surface area contributed by atoms with Gasteiger partial charge in [-0.2, -0.15) is 0 Å². The van der Waals surface area contributed by atoms with Gasteiger partial charge in [0.05, 0.1) is 11.3 Å². The summed E-state index contributed by atoms with van der Waals surface area (Å²) in [6.45, 7) is 1.92. The van der Waals surface area contributed by atoms with Crippen molar-refractivity contribution in [2.75, 3.05) is 0 Å². The summed E-state index contributed by atoms with van der Waals surface area (Å²) in [5, 5.41) is 8.98. The number of carboxylic acids is 1. The molecule has 1 aliphatic carbocycles. The standard InChI is InChI=1S/C11H13NO2/c1-2-10-9(11(13)14)5-8(6-12-10)7-3-4-7/h5-7H,2-4H2,1H3,(H,13,14). The van der Waals surface area contributed by atoms with Crippen LogP contribution >= 0.6 is 0 Å². The first-order valence-corrected chi connectivity index (χ1v) is 4.94. The Hall–Kier alpha value is -1.38. The molecule has 3 nitrogen and oxygen atoms in total. The highest BCUT2D eigenvalue weighted by Gasteiger charge is 2.25. The summed E-state index contributed by atoms with van der Waals surface area (Å²) in [5.74, 6) is -0.302. The average Bonchev–Trinajstić information content (AvgIpc) is 3.00. The van der Waals surface area contributed by atoms with Gasteiger partial charge in [0.1, 0.15) is 0 Å². The van der Waals surface area contributed by atoms with E-state index in [1.54, 1.807) is 6.07 Å². The number of pyridine rings is 1. The second-order valence-electron chi connectivity index (χ2n) is 3.70. The van der Waals surface area contributed by atoms with Gasteiger partial charge in [-0.25, -0.2) is 4.79 Å². The lowest BCUT2D eigenvalue weighted by Gasteiger charge is -2.04. The van der Waals surface area contributed by atoms with E-state index in [9.17, 15) is 4.79 Å². The summed E-state index contributed by atoms with van der Waals surface area (Å²) in [7, 11) is 0. The van der Waals surface area contributed by atoms with E-state index in [0.717, 1.165) is 5.56 Å². The summed E-state index contributed by atoms with van der Waals surface area (Å²) in [4.78, 5) is 15.1. The Labute approximate surface area is 82.8 Å². The fourth-order valence-electron chi connectivity index (χ4n) is 1.62. The zero-order valence-electron chi connectivity index (χ0n) is 8.16. The Kier molecular flexibility index (Phi) is 2.23. The third-order valence-corrected chi connectivity index (χ3v) is 2.61. The lowest BCUT2D eigenvalue weighted by Crippen LogP contribution is -2.05. The van der Waals surface area contributed by atoms with Crippen LogP contribution in [0.5, 0.6) is 0 Å². The van der Waals surface area contributed by atoms with E-state index in [1.807, 2.05) is 13.1 Å². The second kappa shape index (κ2) is 3.40. The van der Waals surface area contributed by atoms with Crippen LogP contribution in [0.15, 0.2) is 12.3 Å². The monoisotopic (exact) mass is 191 g/mol. The molecule has 0 bridgehead atoms. The number of hydrogen-bond acceptors (Lipinski definition) is 2. The largest absolute Gasteiger partial charge is 0.478 e. The molecule has 1 N–H and O–H groups in total. The van der Waals surface area contributed by atoms with Gasteiger partial charge in [-0.05, 0) is 36.8 Å². The van der Waals surface area contributed by atoms with Crippen molar-refractivity contribution in [3.05, 3.63) is 29.1 Å². The van der Waals surface area contributed by atoms with Gasteiger partial charge in [0.25, 0.3) is 0 Å². The SMILES string of the molecule is CCc1ncc(C2CC2)cc1C(=O)O. The summed E-state index contributed by atoms with van der Waals surface area (Å²) < 4.78 is 0. The van der Waals surface area contributed by atoms with Crippen LogP contribution in [0.1, 0.15) is 47.3 Å². The average molecular weight is 191 g/mol.